The number of nitrogens with one attached hydrogen (secondary N) is 1. The van der Waals surface area contributed by atoms with Gasteiger partial charge in [0.1, 0.15) is 17.3 Å². The van der Waals surface area contributed by atoms with E-state index in [4.69, 9.17) is 4.74 Å². The molecule has 0 saturated heterocycles. The van der Waals surface area contributed by atoms with Crippen LogP contribution in [0.4, 0.5) is 4.39 Å². The van der Waals surface area contributed by atoms with E-state index in [-0.39, 0.29) is 5.82 Å². The highest BCUT2D eigenvalue weighted by atomic mass is 19.1. The minimum Gasteiger partial charge on any atom is -0.457 e. The highest BCUT2D eigenvalue weighted by molar-refractivity contribution is 5.36. The van der Waals surface area contributed by atoms with E-state index in [1.54, 1.807) is 19.1 Å². The fourth-order valence-corrected chi connectivity index (χ4v) is 2.22. The maximum Gasteiger partial charge on any atom is 0.127 e. The van der Waals surface area contributed by atoms with E-state index in [1.807, 2.05) is 25.2 Å². The second-order valence-corrected chi connectivity index (χ2v) is 4.84. The van der Waals surface area contributed by atoms with Crippen molar-refractivity contribution in [2.45, 2.75) is 26.3 Å². The summed E-state index contributed by atoms with van der Waals surface area (Å²) >= 11 is 0. The third kappa shape index (κ3) is 3.36. The van der Waals surface area contributed by atoms with Gasteiger partial charge in [0.15, 0.2) is 0 Å². The monoisotopic (exact) mass is 273 g/mol. The van der Waals surface area contributed by atoms with E-state index in [9.17, 15) is 4.39 Å². The Kier molecular flexibility index (Phi) is 4.74. The van der Waals surface area contributed by atoms with Gasteiger partial charge in [-0.2, -0.15) is 0 Å². The maximum absolute atomic E-state index is 13.2. The second kappa shape index (κ2) is 6.53. The maximum atomic E-state index is 13.2. The van der Waals surface area contributed by atoms with Crippen LogP contribution in [-0.4, -0.2) is 7.05 Å². The van der Waals surface area contributed by atoms with Crippen LogP contribution in [0, 0.1) is 12.7 Å². The van der Waals surface area contributed by atoms with Gasteiger partial charge >= 0.3 is 0 Å². The summed E-state index contributed by atoms with van der Waals surface area (Å²) in [6, 6.07) is 13.1. The third-order valence-electron chi connectivity index (χ3n) is 3.38. The topological polar surface area (TPSA) is 21.3 Å². The van der Waals surface area contributed by atoms with Gasteiger partial charge in [-0.15, -0.1) is 0 Å². The Morgan fingerprint density at radius 1 is 1.15 bits per heavy atom. The van der Waals surface area contributed by atoms with Gasteiger partial charge in [0, 0.05) is 6.04 Å². The SMILES string of the molecule is CCC(NC)c1cccc(Oc2ccc(F)c(C)c2)c1. The molecule has 2 aromatic carbocycles. The molecule has 0 aliphatic heterocycles. The van der Waals surface area contributed by atoms with E-state index in [0.717, 1.165) is 12.2 Å². The average molecular weight is 273 g/mol. The minimum atomic E-state index is -0.215. The van der Waals surface area contributed by atoms with E-state index < -0.39 is 0 Å². The zero-order valence-corrected chi connectivity index (χ0v) is 12.1. The molecule has 3 heteroatoms. The Morgan fingerprint density at radius 3 is 2.55 bits per heavy atom. The molecule has 0 fully saturated rings. The van der Waals surface area contributed by atoms with E-state index in [2.05, 4.69) is 18.3 Å². The normalized spacial score (nSPS) is 12.2. The van der Waals surface area contributed by atoms with Crippen molar-refractivity contribution >= 4 is 0 Å². The van der Waals surface area contributed by atoms with Crippen LogP contribution in [0.25, 0.3) is 0 Å². The van der Waals surface area contributed by atoms with Crippen LogP contribution in [0.2, 0.25) is 0 Å². The smallest absolute Gasteiger partial charge is 0.127 e. The number of benzene rings is 2. The van der Waals surface area contributed by atoms with Crippen molar-refractivity contribution < 1.29 is 9.13 Å². The molecule has 0 aliphatic carbocycles. The van der Waals surface area contributed by atoms with E-state index in [1.165, 1.54) is 11.6 Å². The number of aryl methyl sites for hydroxylation is 1. The van der Waals surface area contributed by atoms with Crippen LogP contribution < -0.4 is 10.1 Å². The first-order valence-electron chi connectivity index (χ1n) is 6.85. The number of hydrogen-bond acceptors (Lipinski definition) is 2. The molecule has 20 heavy (non-hydrogen) atoms. The van der Waals surface area contributed by atoms with Gasteiger partial charge in [0.2, 0.25) is 0 Å². The van der Waals surface area contributed by atoms with Crippen molar-refractivity contribution in [3.05, 3.63) is 59.4 Å². The second-order valence-electron chi connectivity index (χ2n) is 4.84. The molecule has 0 radical (unpaired) electrons. The van der Waals surface area contributed by atoms with Crippen molar-refractivity contribution in [2.75, 3.05) is 7.05 Å². The van der Waals surface area contributed by atoms with Crippen molar-refractivity contribution in [3.63, 3.8) is 0 Å². The minimum absolute atomic E-state index is 0.215. The molecule has 0 heterocycles. The van der Waals surface area contributed by atoms with E-state index >= 15 is 0 Å². The van der Waals surface area contributed by atoms with Crippen LogP contribution in [0.1, 0.15) is 30.5 Å². The Balaban J connectivity index is 2.21. The molecule has 2 aromatic rings. The summed E-state index contributed by atoms with van der Waals surface area (Å²) in [6.45, 7) is 3.87. The van der Waals surface area contributed by atoms with E-state index in [0.29, 0.717) is 17.4 Å². The highest BCUT2D eigenvalue weighted by Crippen LogP contribution is 2.26. The van der Waals surface area contributed by atoms with Gasteiger partial charge in [-0.3, -0.25) is 0 Å². The standard InChI is InChI=1S/C17H20FNO/c1-4-17(19-3)13-6-5-7-14(11-13)20-15-8-9-16(18)12(2)10-15/h5-11,17,19H,4H2,1-3H3. The van der Waals surface area contributed by atoms with Gasteiger partial charge in [-0.05, 0) is 61.9 Å². The summed E-state index contributed by atoms with van der Waals surface area (Å²) in [5.41, 5.74) is 1.77. The quantitative estimate of drug-likeness (QED) is 0.859. The van der Waals surface area contributed by atoms with Crippen molar-refractivity contribution in [1.29, 1.82) is 0 Å². The van der Waals surface area contributed by atoms with Gasteiger partial charge < -0.3 is 10.1 Å². The molecule has 1 atom stereocenters. The number of halogens is 1. The van der Waals surface area contributed by atoms with Crippen LogP contribution in [-0.2, 0) is 0 Å². The zero-order chi connectivity index (χ0) is 14.5. The molecule has 0 saturated carbocycles. The molecule has 0 aliphatic rings. The third-order valence-corrected chi connectivity index (χ3v) is 3.38. The molecule has 0 spiro atoms. The highest BCUT2D eigenvalue weighted by Gasteiger charge is 2.08. The molecule has 2 rings (SSSR count). The number of ether oxygens (including phenoxy) is 1. The molecule has 1 unspecified atom stereocenters. The Morgan fingerprint density at radius 2 is 1.90 bits per heavy atom. The Bertz CT molecular complexity index is 579. The molecule has 0 amide bonds. The van der Waals surface area contributed by atoms with Gasteiger partial charge in [0.05, 0.1) is 0 Å². The van der Waals surface area contributed by atoms with Crippen LogP contribution >= 0.6 is 0 Å². The number of hydrogen-bond donors (Lipinski definition) is 1. The molecule has 1 N–H and O–H groups in total. The van der Waals surface area contributed by atoms with Crippen molar-refractivity contribution in [3.8, 4) is 11.5 Å². The summed E-state index contributed by atoms with van der Waals surface area (Å²) in [7, 11) is 1.95. The summed E-state index contributed by atoms with van der Waals surface area (Å²) < 4.78 is 19.0. The predicted octanol–water partition coefficient (Wildman–Crippen LogP) is 4.60. The van der Waals surface area contributed by atoms with Gasteiger partial charge in [-0.25, -0.2) is 4.39 Å². The molecular formula is C17H20FNO. The molecule has 2 nitrogen and oxygen atoms in total. The lowest BCUT2D eigenvalue weighted by Gasteiger charge is -2.15. The Labute approximate surface area is 119 Å². The Hall–Kier alpha value is -1.87. The lowest BCUT2D eigenvalue weighted by Crippen LogP contribution is -2.14. The van der Waals surface area contributed by atoms with Crippen LogP contribution in [0.3, 0.4) is 0 Å². The van der Waals surface area contributed by atoms with Crippen molar-refractivity contribution in [2.24, 2.45) is 0 Å². The van der Waals surface area contributed by atoms with Gasteiger partial charge in [-0.1, -0.05) is 19.1 Å². The lowest BCUT2D eigenvalue weighted by molar-refractivity contribution is 0.476. The zero-order valence-electron chi connectivity index (χ0n) is 12.1. The molecule has 0 bridgehead atoms. The van der Waals surface area contributed by atoms with Crippen LogP contribution in [0.5, 0.6) is 11.5 Å². The molecular weight excluding hydrogens is 253 g/mol. The molecule has 106 valence electrons. The largest absolute Gasteiger partial charge is 0.457 e. The predicted molar refractivity (Wildman–Crippen MR) is 79.7 cm³/mol. The summed E-state index contributed by atoms with van der Waals surface area (Å²) in [5, 5.41) is 3.27. The first-order valence-corrected chi connectivity index (χ1v) is 6.85. The average Bonchev–Trinajstić information content (AvgIpc) is 2.45. The molecule has 0 aromatic heterocycles. The fourth-order valence-electron chi connectivity index (χ4n) is 2.22. The van der Waals surface area contributed by atoms with Crippen LogP contribution in [0.15, 0.2) is 42.5 Å². The first-order chi connectivity index (χ1) is 9.63. The van der Waals surface area contributed by atoms with Crippen molar-refractivity contribution in [1.82, 2.24) is 5.32 Å². The first kappa shape index (κ1) is 14.5. The summed E-state index contributed by atoms with van der Waals surface area (Å²) in [4.78, 5) is 0. The summed E-state index contributed by atoms with van der Waals surface area (Å²) in [6.07, 6.45) is 1.01. The fraction of sp³-hybridized carbons (Fsp3) is 0.294. The lowest BCUT2D eigenvalue weighted by atomic mass is 10.0. The summed E-state index contributed by atoms with van der Waals surface area (Å²) in [5.74, 6) is 1.20. The van der Waals surface area contributed by atoms with Gasteiger partial charge in [0.25, 0.3) is 0 Å². The number of rotatable bonds is 5.